The monoisotopic (exact) mass is 628 g/mol. The number of ether oxygens (including phenoxy) is 2. The first-order chi connectivity index (χ1) is 20.0. The van der Waals surface area contributed by atoms with Crippen molar-refractivity contribution < 1.29 is 50.0 Å². The van der Waals surface area contributed by atoms with E-state index < -0.39 is 67.6 Å². The lowest BCUT2D eigenvalue weighted by Gasteiger charge is -2.40. The van der Waals surface area contributed by atoms with Crippen LogP contribution in [0.1, 0.15) is 27.2 Å². The highest BCUT2D eigenvalue weighted by molar-refractivity contribution is 7.20. The molecule has 3 aromatic heterocycles. The fourth-order valence-corrected chi connectivity index (χ4v) is 6.59. The number of aromatic nitrogens is 5. The molecular weight excluding hydrogens is 596 g/mol. The van der Waals surface area contributed by atoms with Gasteiger partial charge in [0, 0.05) is 6.54 Å². The van der Waals surface area contributed by atoms with Gasteiger partial charge in [0.1, 0.15) is 65.6 Å². The van der Waals surface area contributed by atoms with Gasteiger partial charge in [0.2, 0.25) is 5.78 Å². The van der Waals surface area contributed by atoms with Crippen molar-refractivity contribution in [3.8, 4) is 10.7 Å². The lowest BCUT2D eigenvalue weighted by atomic mass is 9.95. The average Bonchev–Trinajstić information content (AvgIpc) is 3.73. The van der Waals surface area contributed by atoms with E-state index in [-0.39, 0.29) is 18.9 Å². The predicted molar refractivity (Wildman–Crippen MR) is 146 cm³/mol. The first-order valence-electron chi connectivity index (χ1n) is 13.1. The largest absolute Gasteiger partial charge is 0.394 e. The van der Waals surface area contributed by atoms with Crippen LogP contribution in [0, 0.1) is 6.92 Å². The minimum Gasteiger partial charge on any atom is -0.394 e. The smallest absolute Gasteiger partial charge is 0.216 e. The van der Waals surface area contributed by atoms with Crippen LogP contribution in [0.5, 0.6) is 0 Å². The van der Waals surface area contributed by atoms with Crippen molar-refractivity contribution >= 4 is 33.6 Å². The van der Waals surface area contributed by atoms with Crippen LogP contribution < -0.4 is 5.32 Å². The van der Waals surface area contributed by atoms with E-state index in [4.69, 9.17) is 9.47 Å². The molecule has 18 heteroatoms. The summed E-state index contributed by atoms with van der Waals surface area (Å²) in [7, 11) is 0. The second kappa shape index (κ2) is 12.6. The molecule has 2 aliphatic heterocycles. The van der Waals surface area contributed by atoms with Crippen molar-refractivity contribution in [1.29, 1.82) is 0 Å². The van der Waals surface area contributed by atoms with Crippen LogP contribution in [-0.4, -0.2) is 141 Å². The van der Waals surface area contributed by atoms with E-state index >= 15 is 0 Å². The van der Waals surface area contributed by atoms with Gasteiger partial charge in [-0.2, -0.15) is 0 Å². The lowest BCUT2D eigenvalue weighted by Crippen LogP contribution is -2.60. The molecular formula is C24H32N6O10S2. The highest BCUT2D eigenvalue weighted by Crippen LogP contribution is 2.31. The van der Waals surface area contributed by atoms with Gasteiger partial charge in [0.25, 0.3) is 0 Å². The summed E-state index contributed by atoms with van der Waals surface area (Å²) in [6, 6.07) is 0. The first-order valence-corrected chi connectivity index (χ1v) is 14.7. The van der Waals surface area contributed by atoms with Crippen molar-refractivity contribution in [1.82, 2.24) is 25.0 Å². The Kier molecular flexibility index (Phi) is 9.30. The van der Waals surface area contributed by atoms with E-state index in [9.17, 15) is 40.5 Å². The molecule has 3 aromatic rings. The van der Waals surface area contributed by atoms with Gasteiger partial charge in [0.05, 0.1) is 47.1 Å². The van der Waals surface area contributed by atoms with Crippen molar-refractivity contribution in [2.24, 2.45) is 0 Å². The summed E-state index contributed by atoms with van der Waals surface area (Å²) in [5.41, 5.74) is 0.878. The zero-order valence-electron chi connectivity index (χ0n) is 22.5. The van der Waals surface area contributed by atoms with Gasteiger partial charge in [-0.3, -0.25) is 4.79 Å². The van der Waals surface area contributed by atoms with Crippen LogP contribution in [0.3, 0.4) is 0 Å². The molecule has 8 N–H and O–H groups in total. The molecule has 0 spiro atoms. The zero-order valence-corrected chi connectivity index (χ0v) is 24.1. The van der Waals surface area contributed by atoms with Gasteiger partial charge in [-0.15, -0.1) is 16.4 Å². The van der Waals surface area contributed by atoms with E-state index in [1.54, 1.807) is 20.0 Å². The van der Waals surface area contributed by atoms with Crippen LogP contribution in [0.4, 0.5) is 5.13 Å². The number of nitrogens with one attached hydrogen (secondary N) is 1. The number of carbonyl (C=O) groups excluding carboxylic acids is 1. The van der Waals surface area contributed by atoms with Gasteiger partial charge in [-0.25, -0.2) is 14.6 Å². The van der Waals surface area contributed by atoms with E-state index in [0.717, 1.165) is 22.7 Å². The fraction of sp³-hybridized carbons (Fsp3) is 0.625. The molecule has 5 heterocycles. The van der Waals surface area contributed by atoms with Crippen molar-refractivity contribution in [3.05, 3.63) is 27.8 Å². The molecule has 5 rings (SSSR count). The van der Waals surface area contributed by atoms with Crippen LogP contribution in [0.2, 0.25) is 0 Å². The van der Waals surface area contributed by atoms with Crippen LogP contribution in [0.25, 0.3) is 10.7 Å². The van der Waals surface area contributed by atoms with Crippen molar-refractivity contribution in [2.75, 3.05) is 18.5 Å². The predicted octanol–water partition coefficient (Wildman–Crippen LogP) is -2.48. The summed E-state index contributed by atoms with van der Waals surface area (Å²) in [4.78, 5) is 22.6. The second-order valence-corrected chi connectivity index (χ2v) is 12.2. The lowest BCUT2D eigenvalue weighted by molar-refractivity contribution is -0.225. The van der Waals surface area contributed by atoms with Crippen LogP contribution in [0.15, 0.2) is 12.4 Å². The molecule has 230 valence electrons. The quantitative estimate of drug-likeness (QED) is 0.114. The summed E-state index contributed by atoms with van der Waals surface area (Å²) >= 11 is 2.20. The molecule has 2 saturated heterocycles. The SMILES string of the molecule is Cc1nc(-c2cn(C[C@H]3O[C@H](C)[C@@H](O)[C@@H](O)[C@@H]3O)nn2)sc1C(=O)c1cnc(NC[C@H]2O[C@H](CO)[C@@H](O)[C@H](O)[C@@H]2O)s1. The van der Waals surface area contributed by atoms with Crippen LogP contribution in [-0.2, 0) is 16.0 Å². The maximum Gasteiger partial charge on any atom is 0.216 e. The number of nitrogens with zero attached hydrogens (tertiary/aromatic N) is 5. The molecule has 10 atom stereocenters. The fourth-order valence-electron chi connectivity index (χ4n) is 4.78. The molecule has 0 saturated carbocycles. The number of rotatable bonds is 9. The molecule has 42 heavy (non-hydrogen) atoms. The number of aryl methyl sites for hydroxylation is 1. The minimum absolute atomic E-state index is 0.00334. The number of thiazole rings is 2. The maximum atomic E-state index is 13.3. The van der Waals surface area contributed by atoms with E-state index in [1.165, 1.54) is 10.9 Å². The molecule has 0 unspecified atom stereocenters. The number of aliphatic hydroxyl groups excluding tert-OH is 7. The van der Waals surface area contributed by atoms with Gasteiger partial charge in [-0.05, 0) is 13.8 Å². The molecule has 2 aliphatic rings. The number of hydrogen-bond donors (Lipinski definition) is 8. The molecule has 0 amide bonds. The number of hydrogen-bond acceptors (Lipinski definition) is 17. The topological polar surface area (TPSA) is 246 Å². The molecule has 0 aromatic carbocycles. The number of anilines is 1. The normalized spacial score (nSPS) is 33.5. The van der Waals surface area contributed by atoms with E-state index in [2.05, 4.69) is 25.6 Å². The molecule has 0 bridgehead atoms. The summed E-state index contributed by atoms with van der Waals surface area (Å²) in [5.74, 6) is -0.303. The summed E-state index contributed by atoms with van der Waals surface area (Å²) < 4.78 is 12.5. The van der Waals surface area contributed by atoms with Crippen molar-refractivity contribution in [3.63, 3.8) is 0 Å². The minimum atomic E-state index is -1.49. The number of carbonyl (C=O) groups is 1. The van der Waals surface area contributed by atoms with Crippen LogP contribution >= 0.6 is 22.7 Å². The summed E-state index contributed by atoms with van der Waals surface area (Å²) in [5, 5.41) is 81.6. The van der Waals surface area contributed by atoms with E-state index in [0.29, 0.717) is 31.3 Å². The number of aliphatic hydroxyl groups is 7. The highest BCUT2D eigenvalue weighted by atomic mass is 32.1. The molecule has 0 radical (unpaired) electrons. The Morgan fingerprint density at radius 1 is 0.976 bits per heavy atom. The van der Waals surface area contributed by atoms with Gasteiger partial charge >= 0.3 is 0 Å². The third kappa shape index (κ3) is 6.10. The molecule has 2 fully saturated rings. The third-order valence-corrected chi connectivity index (χ3v) is 9.39. The summed E-state index contributed by atoms with van der Waals surface area (Å²) in [6.07, 6.45) is -8.67. The second-order valence-electron chi connectivity index (χ2n) is 10.2. The van der Waals surface area contributed by atoms with Gasteiger partial charge in [0.15, 0.2) is 5.13 Å². The zero-order chi connectivity index (χ0) is 30.3. The Balaban J connectivity index is 1.22. The highest BCUT2D eigenvalue weighted by Gasteiger charge is 2.43. The first kappa shape index (κ1) is 31.0. The Morgan fingerprint density at radius 3 is 2.40 bits per heavy atom. The maximum absolute atomic E-state index is 13.3. The van der Waals surface area contributed by atoms with Crippen molar-refractivity contribution in [2.45, 2.75) is 81.4 Å². The number of ketones is 1. The Morgan fingerprint density at radius 2 is 1.67 bits per heavy atom. The van der Waals surface area contributed by atoms with E-state index in [1.807, 2.05) is 0 Å². The standard InChI is InChI=1S/C24H32N6O10S2/c1-8-22(19(36)14-4-26-24(41-14)25-3-11-16(33)21(38)18(35)13(7-31)40-11)42-23(27-8)10-5-30(29-28-10)6-12-17(34)20(37)15(32)9(2)39-12/h4-5,9,11-13,15-18,20-21,31-35,37-38H,3,6-7H2,1-2H3,(H,25,26)/t9-,11-,12-,13-,15-,16-,17-,18-,20-,21-/m1/s1. The third-order valence-electron chi connectivity index (χ3n) is 7.25. The molecule has 0 aliphatic carbocycles. The van der Waals surface area contributed by atoms with Gasteiger partial charge < -0.3 is 50.5 Å². The Labute approximate surface area is 246 Å². The summed E-state index contributed by atoms with van der Waals surface area (Å²) in [6.45, 7) is 2.83. The Hall–Kier alpha value is -2.49. The Bertz CT molecular complexity index is 1380. The van der Waals surface area contributed by atoms with Gasteiger partial charge in [-0.1, -0.05) is 16.6 Å². The molecule has 16 nitrogen and oxygen atoms in total. The average molecular weight is 629 g/mol.